The lowest BCUT2D eigenvalue weighted by Crippen LogP contribution is -2.43. The predicted octanol–water partition coefficient (Wildman–Crippen LogP) is 3.39. The van der Waals surface area contributed by atoms with Gasteiger partial charge in [0.25, 0.3) is 5.91 Å². The van der Waals surface area contributed by atoms with Gasteiger partial charge in [0.2, 0.25) is 0 Å². The van der Waals surface area contributed by atoms with Gasteiger partial charge in [-0.25, -0.2) is 0 Å². The molecule has 0 bridgehead atoms. The maximum atomic E-state index is 12.7. The smallest absolute Gasteiger partial charge is 0.303 e. The summed E-state index contributed by atoms with van der Waals surface area (Å²) in [4.78, 5) is 27.0. The average molecular weight is 442 g/mol. The van der Waals surface area contributed by atoms with Crippen LogP contribution in [0.4, 0.5) is 5.69 Å². The minimum absolute atomic E-state index is 0. The summed E-state index contributed by atoms with van der Waals surface area (Å²) in [6, 6.07) is 6.22. The van der Waals surface area contributed by atoms with E-state index >= 15 is 0 Å². The Morgan fingerprint density at radius 2 is 1.90 bits per heavy atom. The lowest BCUT2D eigenvalue weighted by Gasteiger charge is -2.31. The molecule has 8 heteroatoms. The van der Waals surface area contributed by atoms with Gasteiger partial charge in [-0.3, -0.25) is 9.59 Å². The van der Waals surface area contributed by atoms with Crippen LogP contribution in [-0.2, 0) is 4.79 Å². The number of carboxylic acid groups (broad SMARTS) is 1. The molecular weight excluding hydrogens is 410 g/mol. The topological polar surface area (TPSA) is 81.7 Å². The summed E-state index contributed by atoms with van der Waals surface area (Å²) in [7, 11) is 0. The minimum Gasteiger partial charge on any atom is -0.481 e. The Labute approximate surface area is 183 Å². The molecule has 3 N–H and O–H groups in total. The molecule has 0 radical (unpaired) electrons. The predicted molar refractivity (Wildman–Crippen MR) is 121 cm³/mol. The number of hydrogen-bond acceptors (Lipinski definition) is 5. The summed E-state index contributed by atoms with van der Waals surface area (Å²) >= 11 is 1.68. The van der Waals surface area contributed by atoms with Crippen LogP contribution in [0.3, 0.4) is 0 Å². The first-order chi connectivity index (χ1) is 13.6. The van der Waals surface area contributed by atoms with Crippen LogP contribution in [0.2, 0.25) is 0 Å². The van der Waals surface area contributed by atoms with Crippen molar-refractivity contribution in [3.05, 3.63) is 23.8 Å². The van der Waals surface area contributed by atoms with Crippen LogP contribution in [0.5, 0.6) is 0 Å². The fourth-order valence-corrected chi connectivity index (χ4v) is 4.83. The van der Waals surface area contributed by atoms with E-state index in [1.807, 2.05) is 12.1 Å². The second-order valence-corrected chi connectivity index (χ2v) is 8.60. The number of carbonyl (C=O) groups is 2. The molecular formula is C21H32ClN3O3S. The largest absolute Gasteiger partial charge is 0.481 e. The lowest BCUT2D eigenvalue weighted by molar-refractivity contribution is -0.137. The molecule has 1 aromatic carbocycles. The van der Waals surface area contributed by atoms with Crippen molar-refractivity contribution in [3.63, 3.8) is 0 Å². The molecule has 1 aromatic rings. The fraction of sp³-hybridized carbons (Fsp3) is 0.619. The molecule has 1 amide bonds. The van der Waals surface area contributed by atoms with Crippen molar-refractivity contribution in [1.82, 2.24) is 10.6 Å². The Kier molecular flexibility index (Phi) is 9.59. The Morgan fingerprint density at radius 1 is 1.21 bits per heavy atom. The lowest BCUT2D eigenvalue weighted by atomic mass is 9.83. The highest BCUT2D eigenvalue weighted by atomic mass is 35.5. The molecule has 2 fully saturated rings. The molecule has 162 valence electrons. The summed E-state index contributed by atoms with van der Waals surface area (Å²) in [5, 5.41) is 15.4. The van der Waals surface area contributed by atoms with Gasteiger partial charge in [0.15, 0.2) is 0 Å². The summed E-state index contributed by atoms with van der Waals surface area (Å²) in [6.07, 6.45) is 6.92. The number of nitrogens with one attached hydrogen (secondary N) is 2. The number of halogens is 1. The molecule has 0 aromatic heterocycles. The van der Waals surface area contributed by atoms with E-state index in [-0.39, 0.29) is 30.8 Å². The summed E-state index contributed by atoms with van der Waals surface area (Å²) in [5.74, 6) is -0.244. The van der Waals surface area contributed by atoms with Crippen LogP contribution in [-0.4, -0.2) is 55.5 Å². The van der Waals surface area contributed by atoms with Crippen molar-refractivity contribution in [2.45, 2.75) is 49.5 Å². The maximum absolute atomic E-state index is 12.7. The van der Waals surface area contributed by atoms with E-state index in [2.05, 4.69) is 27.9 Å². The third-order valence-electron chi connectivity index (χ3n) is 5.85. The highest BCUT2D eigenvalue weighted by Gasteiger charge is 2.24. The normalized spacial score (nSPS) is 21.9. The van der Waals surface area contributed by atoms with Gasteiger partial charge in [0.05, 0.1) is 5.69 Å². The first-order valence-electron chi connectivity index (χ1n) is 10.2. The van der Waals surface area contributed by atoms with E-state index in [9.17, 15) is 9.59 Å². The van der Waals surface area contributed by atoms with E-state index in [4.69, 9.17) is 5.11 Å². The molecule has 1 saturated carbocycles. The van der Waals surface area contributed by atoms with Crippen molar-refractivity contribution in [3.8, 4) is 0 Å². The standard InChI is InChI=1S/C21H31N3O3S.ClH/c1-28-19-14-16(5-8-18(19)24-12-10-22-11-13-24)21(27)23-17-6-2-15(3-7-17)4-9-20(25)26;/h5,8,14-15,17,22H,2-4,6-7,9-13H2,1H3,(H,23,27)(H,25,26);1H/t15-,17-;. The SMILES string of the molecule is CSc1cc(C(=O)N[C@H]2CC[C@H](CCC(=O)O)CC2)ccc1N1CCNCC1.Cl. The molecule has 6 nitrogen and oxygen atoms in total. The Morgan fingerprint density at radius 3 is 2.52 bits per heavy atom. The number of nitrogens with zero attached hydrogens (tertiary/aromatic N) is 1. The molecule has 0 unspecified atom stereocenters. The van der Waals surface area contributed by atoms with Gasteiger partial charge in [0.1, 0.15) is 0 Å². The maximum Gasteiger partial charge on any atom is 0.303 e. The van der Waals surface area contributed by atoms with Gasteiger partial charge in [-0.2, -0.15) is 0 Å². The minimum atomic E-state index is -0.718. The first-order valence-corrected chi connectivity index (χ1v) is 11.5. The van der Waals surface area contributed by atoms with Crippen molar-refractivity contribution in [1.29, 1.82) is 0 Å². The van der Waals surface area contributed by atoms with E-state index in [0.717, 1.165) is 68.7 Å². The second kappa shape index (κ2) is 11.7. The van der Waals surface area contributed by atoms with Crippen molar-refractivity contribution < 1.29 is 14.7 Å². The summed E-state index contributed by atoms with van der Waals surface area (Å²) in [6.45, 7) is 3.96. The van der Waals surface area contributed by atoms with Crippen LogP contribution in [0.25, 0.3) is 0 Å². The first kappa shape index (κ1) is 23.8. The molecule has 29 heavy (non-hydrogen) atoms. The van der Waals surface area contributed by atoms with Crippen LogP contribution >= 0.6 is 24.2 Å². The number of rotatable bonds is 7. The number of hydrogen-bond donors (Lipinski definition) is 3. The van der Waals surface area contributed by atoms with E-state index in [1.54, 1.807) is 11.8 Å². The number of piperazine rings is 1. The molecule has 1 heterocycles. The zero-order valence-corrected chi connectivity index (χ0v) is 18.6. The van der Waals surface area contributed by atoms with Crippen molar-refractivity contribution in [2.75, 3.05) is 37.3 Å². The van der Waals surface area contributed by atoms with Gasteiger partial charge in [-0.1, -0.05) is 0 Å². The number of anilines is 1. The van der Waals surface area contributed by atoms with E-state index in [1.165, 1.54) is 5.69 Å². The summed E-state index contributed by atoms with van der Waals surface area (Å²) in [5.41, 5.74) is 1.93. The van der Waals surface area contributed by atoms with E-state index in [0.29, 0.717) is 5.92 Å². The highest BCUT2D eigenvalue weighted by Crippen LogP contribution is 2.31. The number of aliphatic carboxylic acids is 1. The Balaban J connectivity index is 0.00000300. The number of carbonyl (C=O) groups excluding carboxylic acids is 1. The van der Waals surface area contributed by atoms with Gasteiger partial charge in [0, 0.05) is 49.1 Å². The third-order valence-corrected chi connectivity index (χ3v) is 6.61. The van der Waals surface area contributed by atoms with Crippen LogP contribution in [0, 0.1) is 5.92 Å². The number of thioether (sulfide) groups is 1. The molecule has 1 saturated heterocycles. The zero-order chi connectivity index (χ0) is 19.9. The van der Waals surface area contributed by atoms with Crippen LogP contribution in [0.1, 0.15) is 48.9 Å². The number of carboxylic acids is 1. The highest BCUT2D eigenvalue weighted by molar-refractivity contribution is 7.98. The molecule has 0 spiro atoms. The number of amides is 1. The van der Waals surface area contributed by atoms with Gasteiger partial charge >= 0.3 is 5.97 Å². The molecule has 1 aliphatic heterocycles. The third kappa shape index (κ3) is 6.79. The van der Waals surface area contributed by atoms with Gasteiger partial charge in [-0.15, -0.1) is 24.2 Å². The van der Waals surface area contributed by atoms with Crippen molar-refractivity contribution >= 4 is 41.7 Å². The molecule has 0 atom stereocenters. The molecule has 1 aliphatic carbocycles. The average Bonchev–Trinajstić information content (AvgIpc) is 2.73. The zero-order valence-electron chi connectivity index (χ0n) is 17.0. The fourth-order valence-electron chi connectivity index (χ4n) is 4.18. The van der Waals surface area contributed by atoms with Crippen LogP contribution in [0.15, 0.2) is 23.1 Å². The number of benzene rings is 1. The van der Waals surface area contributed by atoms with Gasteiger partial charge < -0.3 is 20.6 Å². The van der Waals surface area contributed by atoms with Gasteiger partial charge in [-0.05, 0) is 62.5 Å². The quantitative estimate of drug-likeness (QED) is 0.562. The molecule has 2 aliphatic rings. The monoisotopic (exact) mass is 441 g/mol. The van der Waals surface area contributed by atoms with Crippen molar-refractivity contribution in [2.24, 2.45) is 5.92 Å². The Hall–Kier alpha value is -1.44. The summed E-state index contributed by atoms with van der Waals surface area (Å²) < 4.78 is 0. The Bertz CT molecular complexity index is 690. The van der Waals surface area contributed by atoms with Crippen LogP contribution < -0.4 is 15.5 Å². The second-order valence-electron chi connectivity index (χ2n) is 7.75. The molecule has 3 rings (SSSR count). The van der Waals surface area contributed by atoms with E-state index < -0.39 is 5.97 Å².